The molecule has 3 heterocycles. The first-order valence-electron chi connectivity index (χ1n) is 10.9. The monoisotopic (exact) mass is 475 g/mol. The summed E-state index contributed by atoms with van der Waals surface area (Å²) < 4.78 is 0. The Balaban J connectivity index is 1.68. The molecule has 1 fully saturated rings. The summed E-state index contributed by atoms with van der Waals surface area (Å²) in [5.74, 6) is -0.575. The Bertz CT molecular complexity index is 1260. The molecule has 2 aromatic rings. The molecule has 8 nitrogen and oxygen atoms in total. The van der Waals surface area contributed by atoms with Gasteiger partial charge in [-0.05, 0) is 43.6 Å². The fraction of sp³-hybridized carbons (Fsp3) is 0.200. The van der Waals surface area contributed by atoms with Crippen molar-refractivity contribution in [1.29, 1.82) is 0 Å². The Labute approximate surface area is 201 Å². The van der Waals surface area contributed by atoms with E-state index in [9.17, 15) is 14.4 Å². The quantitative estimate of drug-likeness (QED) is 0.389. The zero-order chi connectivity index (χ0) is 24.2. The molecule has 2 aromatic heterocycles. The van der Waals surface area contributed by atoms with Gasteiger partial charge in [-0.3, -0.25) is 14.5 Å². The predicted octanol–water partition coefficient (Wildman–Crippen LogP) is 4.41. The van der Waals surface area contributed by atoms with E-state index in [1.54, 1.807) is 42.6 Å². The summed E-state index contributed by atoms with van der Waals surface area (Å²) in [4.78, 5) is 45.1. The number of aromatic nitrogens is 1. The molecule has 2 atom stereocenters. The van der Waals surface area contributed by atoms with Crippen LogP contribution in [0.15, 0.2) is 74.2 Å². The Morgan fingerprint density at radius 1 is 1.15 bits per heavy atom. The summed E-state index contributed by atoms with van der Waals surface area (Å²) >= 11 is 1.22. The number of nitrogens with zero attached hydrogens (tertiary/aromatic N) is 2. The van der Waals surface area contributed by atoms with Crippen LogP contribution in [-0.4, -0.2) is 34.9 Å². The average Bonchev–Trinajstić information content (AvgIpc) is 3.42. The van der Waals surface area contributed by atoms with Gasteiger partial charge >= 0.3 is 6.03 Å². The summed E-state index contributed by atoms with van der Waals surface area (Å²) in [6.07, 6.45) is 13.7. The molecule has 0 bridgehead atoms. The van der Waals surface area contributed by atoms with Crippen molar-refractivity contribution < 1.29 is 14.4 Å². The first kappa shape index (κ1) is 23.2. The molecule has 3 N–H and O–H groups in total. The third kappa shape index (κ3) is 4.29. The Morgan fingerprint density at radius 3 is 2.62 bits per heavy atom. The average molecular weight is 476 g/mol. The number of hydrogen-bond donors (Lipinski definition) is 3. The zero-order valence-corrected chi connectivity index (χ0v) is 19.4. The summed E-state index contributed by atoms with van der Waals surface area (Å²) in [6, 6.07) is 0.972. The van der Waals surface area contributed by atoms with Crippen LogP contribution in [0, 0.1) is 0 Å². The third-order valence-electron chi connectivity index (χ3n) is 5.78. The normalized spacial score (nSPS) is 19.7. The van der Waals surface area contributed by atoms with Crippen molar-refractivity contribution in [2.75, 3.05) is 10.2 Å². The van der Waals surface area contributed by atoms with Gasteiger partial charge < -0.3 is 16.0 Å². The Hall–Kier alpha value is -3.98. The minimum Gasteiger partial charge on any atom is -0.348 e. The summed E-state index contributed by atoms with van der Waals surface area (Å²) in [5, 5.41) is 9.47. The molecule has 9 heteroatoms. The number of carbonyl (C=O) groups excluding carboxylic acids is 3. The van der Waals surface area contributed by atoms with Gasteiger partial charge in [-0.25, -0.2) is 9.78 Å². The van der Waals surface area contributed by atoms with Gasteiger partial charge in [-0.2, -0.15) is 0 Å². The van der Waals surface area contributed by atoms with Crippen molar-refractivity contribution in [1.82, 2.24) is 15.6 Å². The van der Waals surface area contributed by atoms with E-state index in [0.717, 1.165) is 19.3 Å². The van der Waals surface area contributed by atoms with E-state index in [1.165, 1.54) is 22.3 Å². The minimum atomic E-state index is -0.400. The lowest BCUT2D eigenvalue weighted by atomic mass is 10.1. The molecular weight excluding hydrogens is 450 g/mol. The molecule has 174 valence electrons. The number of pyridine rings is 1. The number of nitrogens with one attached hydrogen (secondary N) is 3. The largest absolute Gasteiger partial charge is 0.348 e. The van der Waals surface area contributed by atoms with E-state index in [-0.39, 0.29) is 23.9 Å². The second kappa shape index (κ2) is 9.88. The van der Waals surface area contributed by atoms with Crippen molar-refractivity contribution in [3.8, 4) is 0 Å². The van der Waals surface area contributed by atoms with Gasteiger partial charge in [0.1, 0.15) is 9.71 Å². The second-order valence-electron chi connectivity index (χ2n) is 7.83. The lowest BCUT2D eigenvalue weighted by molar-refractivity contribution is -0.117. The maximum atomic E-state index is 13.3. The number of urea groups is 1. The maximum Gasteiger partial charge on any atom is 0.331 e. The van der Waals surface area contributed by atoms with Crippen LogP contribution < -0.4 is 20.9 Å². The van der Waals surface area contributed by atoms with E-state index < -0.39 is 6.03 Å². The van der Waals surface area contributed by atoms with E-state index in [0.29, 0.717) is 32.2 Å². The highest BCUT2D eigenvalue weighted by atomic mass is 32.1. The van der Waals surface area contributed by atoms with Gasteiger partial charge in [0.2, 0.25) is 5.91 Å². The van der Waals surface area contributed by atoms with Crippen LogP contribution >= 0.6 is 11.3 Å². The van der Waals surface area contributed by atoms with Gasteiger partial charge in [0.25, 0.3) is 5.91 Å². The molecule has 0 spiro atoms. The fourth-order valence-corrected chi connectivity index (χ4v) is 5.27. The van der Waals surface area contributed by atoms with Crippen molar-refractivity contribution in [3.63, 3.8) is 0 Å². The van der Waals surface area contributed by atoms with Crippen molar-refractivity contribution >= 4 is 50.8 Å². The smallest absolute Gasteiger partial charge is 0.331 e. The number of carbonyl (C=O) groups is 3. The highest BCUT2D eigenvalue weighted by Crippen LogP contribution is 2.44. The topological polar surface area (TPSA) is 103 Å². The number of rotatable bonds is 8. The highest BCUT2D eigenvalue weighted by molar-refractivity contribution is 7.21. The molecule has 1 aliphatic carbocycles. The molecule has 4 rings (SSSR count). The van der Waals surface area contributed by atoms with Crippen molar-refractivity contribution in [2.24, 2.45) is 0 Å². The third-order valence-corrected chi connectivity index (χ3v) is 6.88. The highest BCUT2D eigenvalue weighted by Gasteiger charge is 2.35. The summed E-state index contributed by atoms with van der Waals surface area (Å²) in [5.41, 5.74) is 1.63. The number of hydrogen-bond acceptors (Lipinski definition) is 5. The van der Waals surface area contributed by atoms with Crippen LogP contribution in [0.5, 0.6) is 0 Å². The molecule has 4 amide bonds. The van der Waals surface area contributed by atoms with Gasteiger partial charge in [0.05, 0.1) is 22.5 Å². The molecule has 2 aliphatic rings. The molecule has 34 heavy (non-hydrogen) atoms. The predicted molar refractivity (Wildman–Crippen MR) is 136 cm³/mol. The molecule has 1 aliphatic heterocycles. The van der Waals surface area contributed by atoms with Gasteiger partial charge in [0, 0.05) is 18.3 Å². The second-order valence-corrected chi connectivity index (χ2v) is 8.83. The molecule has 0 radical (unpaired) electrons. The van der Waals surface area contributed by atoms with Gasteiger partial charge in [-0.15, -0.1) is 11.3 Å². The number of amides is 4. The SMILES string of the molecule is C=C/C=C\C=C(/C=C)N1C(=O)Nc2c(C(=O)N[C@H]3CCC[C@H]3NC(=O)C=C)sc3nccc1c23. The van der Waals surface area contributed by atoms with Crippen LogP contribution in [0.3, 0.4) is 0 Å². The number of allylic oxidation sites excluding steroid dienone is 5. The van der Waals surface area contributed by atoms with E-state index in [4.69, 9.17) is 0 Å². The molecule has 0 saturated heterocycles. The van der Waals surface area contributed by atoms with Crippen LogP contribution in [0.25, 0.3) is 10.2 Å². The number of anilines is 2. The standard InChI is InChI=1S/C25H25N5O3S/c1-4-7-8-10-15(5-2)30-18-13-14-26-24-20(18)21(29-25(30)33)22(34-24)23(32)28-17-12-9-11-16(17)27-19(31)6-3/h4-8,10,13-14,16-17H,1-3,9,11-12H2,(H,27,31)(H,28,32)(H,29,33)/b8-7-,15-10+/t16-,17+/m1/s1. The first-order chi connectivity index (χ1) is 16.5. The van der Waals surface area contributed by atoms with Crippen LogP contribution in [0.1, 0.15) is 28.9 Å². The van der Waals surface area contributed by atoms with Crippen LogP contribution in [0.2, 0.25) is 0 Å². The fourth-order valence-electron chi connectivity index (χ4n) is 4.25. The Morgan fingerprint density at radius 2 is 1.91 bits per heavy atom. The lowest BCUT2D eigenvalue weighted by Crippen LogP contribution is -2.48. The first-order valence-corrected chi connectivity index (χ1v) is 11.7. The van der Waals surface area contributed by atoms with E-state index in [1.807, 2.05) is 0 Å². The lowest BCUT2D eigenvalue weighted by Gasteiger charge is -2.29. The molecule has 0 aromatic carbocycles. The summed E-state index contributed by atoms with van der Waals surface area (Å²) in [7, 11) is 0. The van der Waals surface area contributed by atoms with Crippen LogP contribution in [-0.2, 0) is 4.79 Å². The minimum absolute atomic E-state index is 0.164. The Kier molecular flexibility index (Phi) is 6.74. The van der Waals surface area contributed by atoms with Gasteiger partial charge in [-0.1, -0.05) is 38.0 Å². The van der Waals surface area contributed by atoms with E-state index in [2.05, 4.69) is 40.7 Å². The molecule has 1 saturated carbocycles. The van der Waals surface area contributed by atoms with Crippen molar-refractivity contribution in [2.45, 2.75) is 31.3 Å². The number of thiophene rings is 1. The molecular formula is C25H25N5O3S. The summed E-state index contributed by atoms with van der Waals surface area (Å²) in [6.45, 7) is 11.0. The van der Waals surface area contributed by atoms with Gasteiger partial charge in [0.15, 0.2) is 0 Å². The van der Waals surface area contributed by atoms with Crippen LogP contribution in [0.4, 0.5) is 16.2 Å². The molecule has 0 unspecified atom stereocenters. The zero-order valence-electron chi connectivity index (χ0n) is 18.5. The van der Waals surface area contributed by atoms with E-state index >= 15 is 0 Å². The van der Waals surface area contributed by atoms with Crippen molar-refractivity contribution in [3.05, 3.63) is 79.0 Å². The maximum absolute atomic E-state index is 13.3.